The molecule has 0 heterocycles. The molecule has 2 N–H and O–H groups in total. The van der Waals surface area contributed by atoms with Crippen molar-refractivity contribution in [3.05, 3.63) is 22.2 Å². The second-order valence-corrected chi connectivity index (χ2v) is 5.40. The molecule has 0 saturated heterocycles. The highest BCUT2D eigenvalue weighted by Crippen LogP contribution is 2.44. The lowest BCUT2D eigenvalue weighted by molar-refractivity contribution is 0.322. The Balaban J connectivity index is 2.34. The van der Waals surface area contributed by atoms with Gasteiger partial charge >= 0.3 is 0 Å². The van der Waals surface area contributed by atoms with Gasteiger partial charge in [0, 0.05) is 11.6 Å². The minimum Gasteiger partial charge on any atom is -0.493 e. The molecule has 1 aliphatic carbocycles. The van der Waals surface area contributed by atoms with Crippen LogP contribution in [0.2, 0.25) is 0 Å². The Bertz CT molecular complexity index is 419. The number of ether oxygens (including phenoxy) is 2. The number of hydrogen-bond donors (Lipinski definition) is 1. The Hall–Kier alpha value is -0.740. The molecule has 1 aliphatic rings. The zero-order valence-corrected chi connectivity index (χ0v) is 12.5. The normalized spacial score (nSPS) is 16.4. The number of nitrogens with two attached hydrogens (primary N) is 1. The van der Waals surface area contributed by atoms with E-state index in [0.717, 1.165) is 21.5 Å². The first-order chi connectivity index (χ1) is 8.67. The number of hydrogen-bond acceptors (Lipinski definition) is 3. The number of benzene rings is 1. The molecule has 1 atom stereocenters. The van der Waals surface area contributed by atoms with E-state index in [1.807, 2.05) is 26.0 Å². The molecule has 0 amide bonds. The summed E-state index contributed by atoms with van der Waals surface area (Å²) >= 11 is 3.51. The van der Waals surface area contributed by atoms with Crippen LogP contribution in [0.1, 0.15) is 38.3 Å². The highest BCUT2D eigenvalue weighted by atomic mass is 79.9. The average molecular weight is 314 g/mol. The SMILES string of the molecule is CCOc1cc(C(N)C2CC2)c(OCC)cc1Br. The Kier molecular flexibility index (Phi) is 4.51. The smallest absolute Gasteiger partial charge is 0.134 e. The molecule has 0 aliphatic heterocycles. The van der Waals surface area contributed by atoms with Gasteiger partial charge in [-0.3, -0.25) is 0 Å². The van der Waals surface area contributed by atoms with Crippen LogP contribution in [-0.4, -0.2) is 13.2 Å². The monoisotopic (exact) mass is 313 g/mol. The van der Waals surface area contributed by atoms with Crippen molar-refractivity contribution in [2.24, 2.45) is 11.7 Å². The maximum Gasteiger partial charge on any atom is 0.134 e. The highest BCUT2D eigenvalue weighted by Gasteiger charge is 2.32. The Labute approximate surface area is 117 Å². The summed E-state index contributed by atoms with van der Waals surface area (Å²) in [6.07, 6.45) is 2.43. The van der Waals surface area contributed by atoms with Gasteiger partial charge in [-0.2, -0.15) is 0 Å². The van der Waals surface area contributed by atoms with Gasteiger partial charge in [-0.05, 0) is 60.7 Å². The number of rotatable bonds is 6. The van der Waals surface area contributed by atoms with Crippen molar-refractivity contribution in [3.63, 3.8) is 0 Å². The minimum atomic E-state index is 0.0545. The fourth-order valence-electron chi connectivity index (χ4n) is 2.07. The second kappa shape index (κ2) is 5.93. The Morgan fingerprint density at radius 2 is 1.83 bits per heavy atom. The van der Waals surface area contributed by atoms with Gasteiger partial charge < -0.3 is 15.2 Å². The molecule has 0 radical (unpaired) electrons. The van der Waals surface area contributed by atoms with E-state index in [4.69, 9.17) is 15.2 Å². The van der Waals surface area contributed by atoms with E-state index < -0.39 is 0 Å². The van der Waals surface area contributed by atoms with Gasteiger partial charge in [0.2, 0.25) is 0 Å². The quantitative estimate of drug-likeness (QED) is 0.871. The summed E-state index contributed by atoms with van der Waals surface area (Å²) in [7, 11) is 0. The minimum absolute atomic E-state index is 0.0545. The van der Waals surface area contributed by atoms with Crippen LogP contribution < -0.4 is 15.2 Å². The maximum absolute atomic E-state index is 6.30. The molecular formula is C14H20BrNO2. The molecule has 0 spiro atoms. The van der Waals surface area contributed by atoms with Crippen molar-refractivity contribution < 1.29 is 9.47 Å². The van der Waals surface area contributed by atoms with Crippen molar-refractivity contribution in [2.45, 2.75) is 32.7 Å². The molecule has 2 rings (SSSR count). The van der Waals surface area contributed by atoms with E-state index in [1.54, 1.807) is 0 Å². The Morgan fingerprint density at radius 1 is 1.22 bits per heavy atom. The van der Waals surface area contributed by atoms with E-state index in [-0.39, 0.29) is 6.04 Å². The molecule has 0 bridgehead atoms. The molecule has 4 heteroatoms. The van der Waals surface area contributed by atoms with Gasteiger partial charge in [-0.15, -0.1) is 0 Å². The van der Waals surface area contributed by atoms with Crippen LogP contribution in [0.5, 0.6) is 11.5 Å². The number of halogens is 1. The molecule has 18 heavy (non-hydrogen) atoms. The third-order valence-electron chi connectivity index (χ3n) is 3.15. The molecule has 100 valence electrons. The van der Waals surface area contributed by atoms with Crippen LogP contribution in [0.15, 0.2) is 16.6 Å². The molecule has 1 unspecified atom stereocenters. The first-order valence-electron chi connectivity index (χ1n) is 6.52. The molecule has 1 aromatic carbocycles. The fraction of sp³-hybridized carbons (Fsp3) is 0.571. The van der Waals surface area contributed by atoms with Crippen molar-refractivity contribution in [1.29, 1.82) is 0 Å². The van der Waals surface area contributed by atoms with Gasteiger partial charge in [0.1, 0.15) is 11.5 Å². The van der Waals surface area contributed by atoms with Gasteiger partial charge in [0.25, 0.3) is 0 Å². The Morgan fingerprint density at radius 3 is 2.39 bits per heavy atom. The predicted octanol–water partition coefficient (Wildman–Crippen LogP) is 3.66. The molecule has 1 fully saturated rings. The summed E-state index contributed by atoms with van der Waals surface area (Å²) in [6, 6.07) is 4.03. The van der Waals surface area contributed by atoms with Gasteiger partial charge in [0.15, 0.2) is 0 Å². The van der Waals surface area contributed by atoms with E-state index >= 15 is 0 Å². The largest absolute Gasteiger partial charge is 0.493 e. The van der Waals surface area contributed by atoms with E-state index in [2.05, 4.69) is 15.9 Å². The molecular weight excluding hydrogens is 294 g/mol. The van der Waals surface area contributed by atoms with Crippen LogP contribution >= 0.6 is 15.9 Å². The van der Waals surface area contributed by atoms with Crippen LogP contribution in [0.3, 0.4) is 0 Å². The summed E-state index contributed by atoms with van der Waals surface area (Å²) in [4.78, 5) is 0. The topological polar surface area (TPSA) is 44.5 Å². The molecule has 1 saturated carbocycles. The van der Waals surface area contributed by atoms with Gasteiger partial charge in [-0.25, -0.2) is 0 Å². The van der Waals surface area contributed by atoms with E-state index in [9.17, 15) is 0 Å². The zero-order chi connectivity index (χ0) is 13.1. The first kappa shape index (κ1) is 13.7. The standard InChI is InChI=1S/C14H20BrNO2/c1-3-17-12-8-11(15)13(18-4-2)7-10(12)14(16)9-5-6-9/h7-9,14H,3-6,16H2,1-2H3. The summed E-state index contributed by atoms with van der Waals surface area (Å²) in [5.41, 5.74) is 7.36. The van der Waals surface area contributed by atoms with Crippen molar-refractivity contribution in [1.82, 2.24) is 0 Å². The lowest BCUT2D eigenvalue weighted by Gasteiger charge is -2.18. The second-order valence-electron chi connectivity index (χ2n) is 4.55. The first-order valence-corrected chi connectivity index (χ1v) is 7.31. The van der Waals surface area contributed by atoms with Crippen molar-refractivity contribution in [2.75, 3.05) is 13.2 Å². The summed E-state index contributed by atoms with van der Waals surface area (Å²) < 4.78 is 12.2. The average Bonchev–Trinajstić information content (AvgIpc) is 3.16. The molecule has 3 nitrogen and oxygen atoms in total. The molecule has 0 aromatic heterocycles. The third kappa shape index (κ3) is 2.98. The van der Waals surface area contributed by atoms with E-state index in [0.29, 0.717) is 19.1 Å². The maximum atomic E-state index is 6.30. The van der Waals surface area contributed by atoms with Crippen LogP contribution in [-0.2, 0) is 0 Å². The fourth-order valence-corrected chi connectivity index (χ4v) is 2.50. The lowest BCUT2D eigenvalue weighted by atomic mass is 10.0. The van der Waals surface area contributed by atoms with Crippen molar-refractivity contribution >= 4 is 15.9 Å². The lowest BCUT2D eigenvalue weighted by Crippen LogP contribution is -2.14. The van der Waals surface area contributed by atoms with Crippen LogP contribution in [0, 0.1) is 5.92 Å². The predicted molar refractivity (Wildman–Crippen MR) is 76.1 cm³/mol. The highest BCUT2D eigenvalue weighted by molar-refractivity contribution is 9.10. The van der Waals surface area contributed by atoms with Crippen LogP contribution in [0.25, 0.3) is 0 Å². The molecule has 1 aromatic rings. The van der Waals surface area contributed by atoms with Gasteiger partial charge in [0.05, 0.1) is 17.7 Å². The summed E-state index contributed by atoms with van der Waals surface area (Å²) in [5, 5.41) is 0. The zero-order valence-electron chi connectivity index (χ0n) is 10.9. The third-order valence-corrected chi connectivity index (χ3v) is 3.77. The van der Waals surface area contributed by atoms with Gasteiger partial charge in [-0.1, -0.05) is 0 Å². The summed E-state index contributed by atoms with van der Waals surface area (Å²) in [5.74, 6) is 2.30. The van der Waals surface area contributed by atoms with Crippen LogP contribution in [0.4, 0.5) is 0 Å². The van der Waals surface area contributed by atoms with Crippen molar-refractivity contribution in [3.8, 4) is 11.5 Å². The van der Waals surface area contributed by atoms with E-state index in [1.165, 1.54) is 12.8 Å². The summed E-state index contributed by atoms with van der Waals surface area (Å²) in [6.45, 7) is 5.25.